The lowest BCUT2D eigenvalue weighted by Crippen LogP contribution is -2.23. The maximum atomic E-state index is 9.10. The molecule has 0 aliphatic carbocycles. The van der Waals surface area contributed by atoms with E-state index < -0.39 is 0 Å². The van der Waals surface area contributed by atoms with Gasteiger partial charge in [0.1, 0.15) is 11.4 Å². The van der Waals surface area contributed by atoms with E-state index in [1.165, 1.54) is 0 Å². The molecule has 0 amide bonds. The van der Waals surface area contributed by atoms with E-state index in [0.717, 1.165) is 28.4 Å². The highest BCUT2D eigenvalue weighted by Gasteiger charge is 2.16. The summed E-state index contributed by atoms with van der Waals surface area (Å²) in [5.41, 5.74) is 3.74. The highest BCUT2D eigenvalue weighted by atomic mass is 16.5. The number of nitrogens with one attached hydrogen (secondary N) is 1. The lowest BCUT2D eigenvalue weighted by atomic mass is 10.2. The molecule has 0 radical (unpaired) electrons. The predicted molar refractivity (Wildman–Crippen MR) is 90.7 cm³/mol. The zero-order valence-corrected chi connectivity index (χ0v) is 14.6. The summed E-state index contributed by atoms with van der Waals surface area (Å²) in [6.07, 6.45) is 3.49. The highest BCUT2D eigenvalue weighted by molar-refractivity contribution is 5.55. The van der Waals surface area contributed by atoms with E-state index in [9.17, 15) is 0 Å². The fraction of sp³-hybridized carbons (Fsp3) is 0.529. The number of nitrogens with zero attached hydrogens (tertiary/aromatic N) is 3. The molecule has 2 aromatic rings. The summed E-state index contributed by atoms with van der Waals surface area (Å²) in [5, 5.41) is 16.9. The molecule has 126 valence electrons. The van der Waals surface area contributed by atoms with Gasteiger partial charge in [0.2, 0.25) is 0 Å². The number of aliphatic hydroxyl groups is 1. The molecule has 0 aliphatic heterocycles. The van der Waals surface area contributed by atoms with Gasteiger partial charge in [0.15, 0.2) is 0 Å². The van der Waals surface area contributed by atoms with Crippen LogP contribution in [0.25, 0.3) is 0 Å². The van der Waals surface area contributed by atoms with E-state index in [-0.39, 0.29) is 12.2 Å². The van der Waals surface area contributed by atoms with Crippen LogP contribution >= 0.6 is 0 Å². The summed E-state index contributed by atoms with van der Waals surface area (Å²) in [4.78, 5) is 4.17. The van der Waals surface area contributed by atoms with Crippen molar-refractivity contribution in [3.05, 3.63) is 35.4 Å². The van der Waals surface area contributed by atoms with Crippen LogP contribution in [-0.4, -0.2) is 32.1 Å². The Labute approximate surface area is 137 Å². The Hall–Kier alpha value is -2.08. The number of ether oxygens (including phenoxy) is 1. The fourth-order valence-electron chi connectivity index (χ4n) is 2.42. The van der Waals surface area contributed by atoms with Crippen molar-refractivity contribution in [3.63, 3.8) is 0 Å². The minimum absolute atomic E-state index is 0.0843. The van der Waals surface area contributed by atoms with E-state index in [1.54, 1.807) is 12.4 Å². The van der Waals surface area contributed by atoms with Gasteiger partial charge >= 0.3 is 0 Å². The van der Waals surface area contributed by atoms with E-state index >= 15 is 0 Å². The second-order valence-electron chi connectivity index (χ2n) is 6.54. The van der Waals surface area contributed by atoms with Crippen molar-refractivity contribution >= 4 is 5.69 Å². The van der Waals surface area contributed by atoms with Crippen molar-refractivity contribution < 1.29 is 9.84 Å². The number of aliphatic hydroxyl groups excluding tert-OH is 1. The van der Waals surface area contributed by atoms with Crippen molar-refractivity contribution in [2.24, 2.45) is 0 Å². The van der Waals surface area contributed by atoms with Gasteiger partial charge in [0, 0.05) is 30.1 Å². The smallest absolute Gasteiger partial charge is 0.146 e. The summed E-state index contributed by atoms with van der Waals surface area (Å²) in [6, 6.07) is 1.86. The van der Waals surface area contributed by atoms with Crippen LogP contribution in [-0.2, 0) is 13.1 Å². The molecule has 0 unspecified atom stereocenters. The number of hydrogen-bond acceptors (Lipinski definition) is 5. The van der Waals surface area contributed by atoms with Gasteiger partial charge in [-0.3, -0.25) is 9.67 Å². The van der Waals surface area contributed by atoms with Crippen LogP contribution in [0.4, 0.5) is 5.69 Å². The Kier molecular flexibility index (Phi) is 5.26. The zero-order valence-electron chi connectivity index (χ0n) is 14.6. The number of rotatable bonds is 6. The minimum Gasteiger partial charge on any atom is -0.486 e. The molecule has 6 nitrogen and oxygen atoms in total. The normalized spacial score (nSPS) is 11.6. The third-order valence-corrected chi connectivity index (χ3v) is 3.50. The lowest BCUT2D eigenvalue weighted by molar-refractivity contribution is 0.131. The summed E-state index contributed by atoms with van der Waals surface area (Å²) in [5.74, 6) is 0.783. The SMILES string of the molecule is Cc1nn(CCO)c(C)c1CNc1cnccc1OC(C)(C)C. The molecule has 2 rings (SSSR count). The van der Waals surface area contributed by atoms with Gasteiger partial charge in [-0.05, 0) is 34.6 Å². The second-order valence-corrected chi connectivity index (χ2v) is 6.54. The molecule has 0 spiro atoms. The Bertz CT molecular complexity index is 659. The molecule has 6 heteroatoms. The predicted octanol–water partition coefficient (Wildman–Crippen LogP) is 2.68. The summed E-state index contributed by atoms with van der Waals surface area (Å²) in [6.45, 7) is 11.3. The summed E-state index contributed by atoms with van der Waals surface area (Å²) >= 11 is 0. The molecule has 0 atom stereocenters. The van der Waals surface area contributed by atoms with E-state index in [0.29, 0.717) is 13.1 Å². The maximum absolute atomic E-state index is 9.10. The topological polar surface area (TPSA) is 72.2 Å². The van der Waals surface area contributed by atoms with E-state index in [1.807, 2.05) is 45.4 Å². The van der Waals surface area contributed by atoms with Gasteiger partial charge < -0.3 is 15.2 Å². The van der Waals surface area contributed by atoms with Gasteiger partial charge in [0.25, 0.3) is 0 Å². The third-order valence-electron chi connectivity index (χ3n) is 3.50. The molecule has 0 saturated heterocycles. The summed E-state index contributed by atoms with van der Waals surface area (Å²) in [7, 11) is 0. The molecule has 0 fully saturated rings. The first-order valence-corrected chi connectivity index (χ1v) is 7.82. The molecule has 0 aliphatic rings. The molecule has 0 bridgehead atoms. The van der Waals surface area contributed by atoms with Crippen molar-refractivity contribution in [3.8, 4) is 5.75 Å². The molecule has 2 N–H and O–H groups in total. The van der Waals surface area contributed by atoms with Crippen LogP contribution in [0.15, 0.2) is 18.5 Å². The maximum Gasteiger partial charge on any atom is 0.146 e. The van der Waals surface area contributed by atoms with Crippen LogP contribution in [0.5, 0.6) is 5.75 Å². The van der Waals surface area contributed by atoms with Crippen molar-refractivity contribution in [2.75, 3.05) is 11.9 Å². The second kappa shape index (κ2) is 7.00. The first-order chi connectivity index (χ1) is 10.8. The number of aromatic nitrogens is 3. The molecule has 2 aromatic heterocycles. The molecule has 2 heterocycles. The Morgan fingerprint density at radius 1 is 1.30 bits per heavy atom. The van der Waals surface area contributed by atoms with Gasteiger partial charge in [-0.2, -0.15) is 5.10 Å². The zero-order chi connectivity index (χ0) is 17.0. The average Bonchev–Trinajstić information content (AvgIpc) is 2.72. The first kappa shape index (κ1) is 17.3. The third kappa shape index (κ3) is 4.45. The van der Waals surface area contributed by atoms with Crippen LogP contribution in [0.2, 0.25) is 0 Å². The largest absolute Gasteiger partial charge is 0.486 e. The molecular weight excluding hydrogens is 292 g/mol. The van der Waals surface area contributed by atoms with Crippen molar-refractivity contribution in [1.82, 2.24) is 14.8 Å². The van der Waals surface area contributed by atoms with Gasteiger partial charge in [-0.1, -0.05) is 0 Å². The Balaban J connectivity index is 2.16. The van der Waals surface area contributed by atoms with E-state index in [4.69, 9.17) is 9.84 Å². The van der Waals surface area contributed by atoms with E-state index in [2.05, 4.69) is 15.4 Å². The fourth-order valence-corrected chi connectivity index (χ4v) is 2.42. The van der Waals surface area contributed by atoms with Crippen LogP contribution in [0.3, 0.4) is 0 Å². The van der Waals surface area contributed by atoms with Crippen molar-refractivity contribution in [1.29, 1.82) is 0 Å². The standard InChI is InChI=1S/C17H26N4O2/c1-12-14(13(2)21(20-12)8-9-22)10-19-15-11-18-7-6-16(15)23-17(3,4)5/h6-7,11,19,22H,8-10H2,1-5H3. The molecule has 0 aromatic carbocycles. The average molecular weight is 318 g/mol. The number of anilines is 1. The highest BCUT2D eigenvalue weighted by Crippen LogP contribution is 2.27. The van der Waals surface area contributed by atoms with Gasteiger partial charge in [-0.25, -0.2) is 0 Å². The number of hydrogen-bond donors (Lipinski definition) is 2. The Morgan fingerprint density at radius 2 is 2.04 bits per heavy atom. The number of aryl methyl sites for hydroxylation is 1. The molecule has 23 heavy (non-hydrogen) atoms. The number of pyridine rings is 1. The Morgan fingerprint density at radius 3 is 2.70 bits per heavy atom. The van der Waals surface area contributed by atoms with Crippen LogP contribution in [0, 0.1) is 13.8 Å². The first-order valence-electron chi connectivity index (χ1n) is 7.82. The molecular formula is C17H26N4O2. The lowest BCUT2D eigenvalue weighted by Gasteiger charge is -2.23. The quantitative estimate of drug-likeness (QED) is 0.857. The summed E-state index contributed by atoms with van der Waals surface area (Å²) < 4.78 is 7.80. The minimum atomic E-state index is -0.268. The van der Waals surface area contributed by atoms with Crippen LogP contribution < -0.4 is 10.1 Å². The van der Waals surface area contributed by atoms with Crippen LogP contribution in [0.1, 0.15) is 37.7 Å². The van der Waals surface area contributed by atoms with Gasteiger partial charge in [-0.15, -0.1) is 0 Å². The van der Waals surface area contributed by atoms with Crippen molar-refractivity contribution in [2.45, 2.75) is 53.3 Å². The van der Waals surface area contributed by atoms with Gasteiger partial charge in [0.05, 0.1) is 30.7 Å². The monoisotopic (exact) mass is 318 g/mol. The molecule has 0 saturated carbocycles.